The zero-order valence-corrected chi connectivity index (χ0v) is 14.4. The molecular weight excluding hydrogens is 339 g/mol. The maximum absolute atomic E-state index is 13.0. The molecule has 0 spiro atoms. The van der Waals surface area contributed by atoms with E-state index in [1.165, 1.54) is 12.1 Å². The fourth-order valence-electron chi connectivity index (χ4n) is 2.55. The van der Waals surface area contributed by atoms with Gasteiger partial charge < -0.3 is 4.74 Å². The third-order valence-electron chi connectivity index (χ3n) is 4.00. The summed E-state index contributed by atoms with van der Waals surface area (Å²) in [4.78, 5) is 0. The molecule has 0 aliphatic heterocycles. The van der Waals surface area contributed by atoms with Crippen LogP contribution in [0.25, 0.3) is 11.6 Å². The topological polar surface area (TPSA) is 56.8 Å². The molecule has 3 rings (SSSR count). The number of halogens is 1. The van der Waals surface area contributed by atoms with Gasteiger partial charge in [0.1, 0.15) is 18.2 Å². The first-order valence-electron chi connectivity index (χ1n) is 8.28. The Morgan fingerprint density at radius 1 is 0.926 bits per heavy atom. The lowest BCUT2D eigenvalue weighted by atomic mass is 10.0. The minimum atomic E-state index is -0.337. The molecule has 0 N–H and O–H groups in total. The molecule has 0 amide bonds. The van der Waals surface area contributed by atoms with Crippen molar-refractivity contribution in [1.29, 1.82) is 10.5 Å². The van der Waals surface area contributed by atoms with E-state index in [0.717, 1.165) is 11.1 Å². The van der Waals surface area contributed by atoms with Crippen LogP contribution in [0, 0.1) is 28.5 Å². The molecule has 0 radical (unpaired) electrons. The number of ether oxygens (including phenoxy) is 1. The van der Waals surface area contributed by atoms with Crippen molar-refractivity contribution in [2.45, 2.75) is 6.61 Å². The lowest BCUT2D eigenvalue weighted by Crippen LogP contribution is -1.98. The van der Waals surface area contributed by atoms with Gasteiger partial charge in [0.2, 0.25) is 0 Å². The van der Waals surface area contributed by atoms with E-state index in [2.05, 4.69) is 12.1 Å². The Kier molecular flexibility index (Phi) is 5.62. The van der Waals surface area contributed by atoms with E-state index < -0.39 is 0 Å². The molecule has 3 aromatic rings. The number of rotatable bonds is 5. The fraction of sp³-hybridized carbons (Fsp3) is 0.0435. The van der Waals surface area contributed by atoms with Crippen molar-refractivity contribution >= 4 is 11.6 Å². The van der Waals surface area contributed by atoms with E-state index in [-0.39, 0.29) is 5.82 Å². The monoisotopic (exact) mass is 354 g/mol. The zero-order valence-electron chi connectivity index (χ0n) is 14.4. The van der Waals surface area contributed by atoms with Gasteiger partial charge in [0.15, 0.2) is 0 Å². The van der Waals surface area contributed by atoms with Crippen molar-refractivity contribution in [1.82, 2.24) is 0 Å². The van der Waals surface area contributed by atoms with Crippen LogP contribution in [0.2, 0.25) is 0 Å². The van der Waals surface area contributed by atoms with E-state index in [9.17, 15) is 9.65 Å². The number of hydrogen-bond donors (Lipinski definition) is 0. The van der Waals surface area contributed by atoms with E-state index in [1.807, 2.05) is 30.3 Å². The van der Waals surface area contributed by atoms with Crippen molar-refractivity contribution < 1.29 is 9.13 Å². The van der Waals surface area contributed by atoms with E-state index in [1.54, 1.807) is 36.4 Å². The van der Waals surface area contributed by atoms with Gasteiger partial charge in [-0.1, -0.05) is 42.5 Å². The largest absolute Gasteiger partial charge is 0.489 e. The van der Waals surface area contributed by atoms with Gasteiger partial charge in [0.05, 0.1) is 23.3 Å². The van der Waals surface area contributed by atoms with Gasteiger partial charge in [-0.2, -0.15) is 10.5 Å². The van der Waals surface area contributed by atoms with E-state index in [0.29, 0.717) is 29.1 Å². The normalized spacial score (nSPS) is 10.7. The lowest BCUT2D eigenvalue weighted by molar-refractivity contribution is 0.306. The Morgan fingerprint density at radius 3 is 2.30 bits per heavy atom. The highest BCUT2D eigenvalue weighted by Crippen LogP contribution is 2.21. The quantitative estimate of drug-likeness (QED) is 0.459. The summed E-state index contributed by atoms with van der Waals surface area (Å²) < 4.78 is 18.8. The lowest BCUT2D eigenvalue weighted by Gasteiger charge is -2.08. The van der Waals surface area contributed by atoms with Crippen molar-refractivity contribution in [2.24, 2.45) is 0 Å². The summed E-state index contributed by atoms with van der Waals surface area (Å²) in [6.07, 6.45) is 1.74. The fourth-order valence-corrected chi connectivity index (χ4v) is 2.55. The molecule has 0 unspecified atom stereocenters. The Balaban J connectivity index is 1.72. The number of benzene rings is 3. The number of nitriles is 2. The highest BCUT2D eigenvalue weighted by molar-refractivity contribution is 5.89. The van der Waals surface area contributed by atoms with Gasteiger partial charge in [-0.15, -0.1) is 0 Å². The zero-order chi connectivity index (χ0) is 19.1. The smallest absolute Gasteiger partial charge is 0.123 e. The average Bonchev–Trinajstić information content (AvgIpc) is 2.72. The minimum absolute atomic E-state index is 0.304. The molecular formula is C23H15FN2O. The molecule has 0 saturated heterocycles. The summed E-state index contributed by atoms with van der Waals surface area (Å²) in [5.74, 6) is 0.329. The summed E-state index contributed by atoms with van der Waals surface area (Å²) in [5.41, 5.74) is 3.36. The van der Waals surface area contributed by atoms with Crippen LogP contribution in [0.15, 0.2) is 72.8 Å². The SMILES string of the molecule is N#C/C(=C\c1ccc(OCc2ccccc2C#N)cc1)c1ccc(F)cc1. The third kappa shape index (κ3) is 4.60. The second-order valence-electron chi connectivity index (χ2n) is 5.80. The first-order valence-corrected chi connectivity index (χ1v) is 8.28. The van der Waals surface area contributed by atoms with Crippen molar-refractivity contribution in [3.63, 3.8) is 0 Å². The van der Waals surface area contributed by atoms with E-state index >= 15 is 0 Å². The summed E-state index contributed by atoms with van der Waals surface area (Å²) in [7, 11) is 0. The Labute approximate surface area is 157 Å². The number of allylic oxidation sites excluding steroid dienone is 1. The van der Waals surface area contributed by atoms with Gasteiger partial charge in [-0.05, 0) is 47.5 Å². The van der Waals surface area contributed by atoms with Gasteiger partial charge in [0.25, 0.3) is 0 Å². The van der Waals surface area contributed by atoms with Crippen LogP contribution in [0.3, 0.4) is 0 Å². The molecule has 130 valence electrons. The summed E-state index contributed by atoms with van der Waals surface area (Å²) in [5, 5.41) is 18.5. The Bertz CT molecular complexity index is 1040. The van der Waals surface area contributed by atoms with Crippen LogP contribution in [-0.2, 0) is 6.61 Å². The number of hydrogen-bond acceptors (Lipinski definition) is 3. The predicted octanol–water partition coefficient (Wildman–Crippen LogP) is 5.34. The molecule has 0 atom stereocenters. The van der Waals surface area contributed by atoms with Gasteiger partial charge in [-0.3, -0.25) is 0 Å². The average molecular weight is 354 g/mol. The first kappa shape index (κ1) is 17.9. The third-order valence-corrected chi connectivity index (χ3v) is 4.00. The maximum atomic E-state index is 13.0. The molecule has 0 fully saturated rings. The van der Waals surface area contributed by atoms with Crippen molar-refractivity contribution in [2.75, 3.05) is 0 Å². The molecule has 3 aromatic carbocycles. The number of nitrogens with zero attached hydrogens (tertiary/aromatic N) is 2. The molecule has 0 aromatic heterocycles. The van der Waals surface area contributed by atoms with Crippen LogP contribution in [0.4, 0.5) is 4.39 Å². The highest BCUT2D eigenvalue weighted by Gasteiger charge is 2.04. The van der Waals surface area contributed by atoms with Crippen molar-refractivity contribution in [3.05, 3.63) is 101 Å². The predicted molar refractivity (Wildman–Crippen MR) is 102 cm³/mol. The second kappa shape index (κ2) is 8.47. The van der Waals surface area contributed by atoms with Crippen molar-refractivity contribution in [3.8, 4) is 17.9 Å². The van der Waals surface area contributed by atoms with Crippen LogP contribution < -0.4 is 4.74 Å². The Morgan fingerprint density at radius 2 is 1.63 bits per heavy atom. The second-order valence-corrected chi connectivity index (χ2v) is 5.80. The van der Waals surface area contributed by atoms with Gasteiger partial charge >= 0.3 is 0 Å². The molecule has 3 nitrogen and oxygen atoms in total. The van der Waals surface area contributed by atoms with Crippen LogP contribution in [0.5, 0.6) is 5.75 Å². The molecule has 0 saturated carbocycles. The molecule has 4 heteroatoms. The molecule has 0 aliphatic rings. The minimum Gasteiger partial charge on any atom is -0.489 e. The van der Waals surface area contributed by atoms with Crippen LogP contribution in [-0.4, -0.2) is 0 Å². The van der Waals surface area contributed by atoms with Gasteiger partial charge in [0, 0.05) is 5.56 Å². The molecule has 0 bridgehead atoms. The summed E-state index contributed by atoms with van der Waals surface area (Å²) in [6, 6.07) is 24.7. The Hall–Kier alpha value is -3.89. The molecule has 0 heterocycles. The van der Waals surface area contributed by atoms with E-state index in [4.69, 9.17) is 10.00 Å². The molecule has 0 aliphatic carbocycles. The summed E-state index contributed by atoms with van der Waals surface area (Å²) in [6.45, 7) is 0.304. The first-order chi connectivity index (χ1) is 13.2. The molecule has 27 heavy (non-hydrogen) atoms. The van der Waals surface area contributed by atoms with Crippen LogP contribution >= 0.6 is 0 Å². The van der Waals surface area contributed by atoms with Crippen LogP contribution in [0.1, 0.15) is 22.3 Å². The maximum Gasteiger partial charge on any atom is 0.123 e. The van der Waals surface area contributed by atoms with Gasteiger partial charge in [-0.25, -0.2) is 4.39 Å². The highest BCUT2D eigenvalue weighted by atomic mass is 19.1. The summed E-state index contributed by atoms with van der Waals surface area (Å²) >= 11 is 0. The standard InChI is InChI=1S/C23H15FN2O/c24-22-9-7-18(8-10-22)21(15-26)13-17-5-11-23(12-6-17)27-16-20-4-2-1-3-19(20)14-25/h1-13H,16H2/b21-13+.